The molecule has 1 aromatic carbocycles. The standard InChI is InChI=1S/C18H27NO2/c1-4-7-14-19(6-3)18(20)13-12-16-10-8-9-11-17(16)21-15-5-2/h8-13H,4-7,14-15H2,1-3H3/b13-12+. The van der Waals surface area contributed by atoms with Gasteiger partial charge in [0, 0.05) is 24.7 Å². The Bertz CT molecular complexity index is 454. The van der Waals surface area contributed by atoms with Crippen molar-refractivity contribution < 1.29 is 9.53 Å². The highest BCUT2D eigenvalue weighted by Gasteiger charge is 2.07. The number of hydrogen-bond acceptors (Lipinski definition) is 2. The van der Waals surface area contributed by atoms with Crippen LogP contribution in [0.2, 0.25) is 0 Å². The second-order valence-corrected chi connectivity index (χ2v) is 4.99. The van der Waals surface area contributed by atoms with Gasteiger partial charge in [-0.05, 0) is 31.9 Å². The van der Waals surface area contributed by atoms with Crippen LogP contribution in [0, 0.1) is 0 Å². The fraction of sp³-hybridized carbons (Fsp3) is 0.500. The minimum Gasteiger partial charge on any atom is -0.493 e. The van der Waals surface area contributed by atoms with Gasteiger partial charge in [-0.15, -0.1) is 0 Å². The van der Waals surface area contributed by atoms with Gasteiger partial charge in [-0.3, -0.25) is 4.79 Å². The molecule has 1 aromatic rings. The van der Waals surface area contributed by atoms with E-state index in [1.807, 2.05) is 42.2 Å². The average molecular weight is 289 g/mol. The van der Waals surface area contributed by atoms with Gasteiger partial charge in [0.05, 0.1) is 6.61 Å². The molecule has 0 atom stereocenters. The first-order valence-electron chi connectivity index (χ1n) is 7.91. The maximum Gasteiger partial charge on any atom is 0.246 e. The third-order valence-corrected chi connectivity index (χ3v) is 3.26. The van der Waals surface area contributed by atoms with Crippen molar-refractivity contribution in [1.29, 1.82) is 0 Å². The fourth-order valence-electron chi connectivity index (χ4n) is 2.00. The van der Waals surface area contributed by atoms with Gasteiger partial charge < -0.3 is 9.64 Å². The maximum atomic E-state index is 12.2. The lowest BCUT2D eigenvalue weighted by atomic mass is 10.2. The Morgan fingerprint density at radius 3 is 2.62 bits per heavy atom. The third kappa shape index (κ3) is 6.03. The van der Waals surface area contributed by atoms with Gasteiger partial charge in [0.15, 0.2) is 0 Å². The van der Waals surface area contributed by atoms with Crippen molar-refractivity contribution in [3.63, 3.8) is 0 Å². The van der Waals surface area contributed by atoms with Crippen molar-refractivity contribution >= 4 is 12.0 Å². The molecule has 0 fully saturated rings. The first-order valence-corrected chi connectivity index (χ1v) is 7.91. The van der Waals surface area contributed by atoms with Crippen LogP contribution in [0.1, 0.15) is 45.6 Å². The van der Waals surface area contributed by atoms with Crippen LogP contribution >= 0.6 is 0 Å². The third-order valence-electron chi connectivity index (χ3n) is 3.26. The van der Waals surface area contributed by atoms with E-state index in [-0.39, 0.29) is 5.91 Å². The Morgan fingerprint density at radius 1 is 1.19 bits per heavy atom. The Morgan fingerprint density at radius 2 is 1.95 bits per heavy atom. The largest absolute Gasteiger partial charge is 0.493 e. The number of ether oxygens (including phenoxy) is 1. The van der Waals surface area contributed by atoms with Gasteiger partial charge in [0.2, 0.25) is 5.91 Å². The SMILES string of the molecule is CCCCN(CC)C(=O)/C=C/c1ccccc1OCCC. The monoisotopic (exact) mass is 289 g/mol. The smallest absolute Gasteiger partial charge is 0.246 e. The molecule has 0 bridgehead atoms. The number of carbonyl (C=O) groups is 1. The highest BCUT2D eigenvalue weighted by atomic mass is 16.5. The molecule has 0 radical (unpaired) electrons. The number of para-hydroxylation sites is 1. The molecule has 0 saturated heterocycles. The summed E-state index contributed by atoms with van der Waals surface area (Å²) >= 11 is 0. The molecule has 3 nitrogen and oxygen atoms in total. The van der Waals surface area contributed by atoms with Gasteiger partial charge in [-0.1, -0.05) is 38.5 Å². The lowest BCUT2D eigenvalue weighted by Gasteiger charge is -2.18. The molecule has 0 aliphatic carbocycles. The highest BCUT2D eigenvalue weighted by Crippen LogP contribution is 2.19. The first kappa shape index (κ1) is 17.3. The predicted octanol–water partition coefficient (Wildman–Crippen LogP) is 4.14. The zero-order chi connectivity index (χ0) is 15.5. The van der Waals surface area contributed by atoms with Gasteiger partial charge in [-0.2, -0.15) is 0 Å². The van der Waals surface area contributed by atoms with E-state index in [2.05, 4.69) is 13.8 Å². The summed E-state index contributed by atoms with van der Waals surface area (Å²) in [6.45, 7) is 8.49. The Kier molecular flexibility index (Phi) is 8.25. The molecule has 0 N–H and O–H groups in total. The van der Waals surface area contributed by atoms with Gasteiger partial charge in [0.25, 0.3) is 0 Å². The molecule has 0 heterocycles. The minimum atomic E-state index is 0.0660. The zero-order valence-electron chi connectivity index (χ0n) is 13.5. The number of hydrogen-bond donors (Lipinski definition) is 0. The summed E-state index contributed by atoms with van der Waals surface area (Å²) in [5.41, 5.74) is 0.950. The van der Waals surface area contributed by atoms with E-state index in [4.69, 9.17) is 4.74 Å². The molecular formula is C18H27NO2. The molecule has 0 aliphatic rings. The number of unbranched alkanes of at least 4 members (excludes halogenated alkanes) is 1. The molecule has 0 unspecified atom stereocenters. The number of benzene rings is 1. The van der Waals surface area contributed by atoms with Crippen molar-refractivity contribution in [2.24, 2.45) is 0 Å². The van der Waals surface area contributed by atoms with Crippen LogP contribution in [0.4, 0.5) is 0 Å². The second-order valence-electron chi connectivity index (χ2n) is 4.99. The molecule has 0 spiro atoms. The van der Waals surface area contributed by atoms with Crippen LogP contribution in [-0.4, -0.2) is 30.5 Å². The molecule has 0 saturated carbocycles. The molecular weight excluding hydrogens is 262 g/mol. The summed E-state index contributed by atoms with van der Waals surface area (Å²) in [6.07, 6.45) is 6.61. The van der Waals surface area contributed by atoms with Crippen LogP contribution in [0.25, 0.3) is 6.08 Å². The summed E-state index contributed by atoms with van der Waals surface area (Å²) in [7, 11) is 0. The maximum absolute atomic E-state index is 12.2. The molecule has 3 heteroatoms. The van der Waals surface area contributed by atoms with E-state index in [1.165, 1.54) is 0 Å². The quantitative estimate of drug-likeness (QED) is 0.639. The number of amides is 1. The van der Waals surface area contributed by atoms with E-state index in [9.17, 15) is 4.79 Å². The molecule has 21 heavy (non-hydrogen) atoms. The number of rotatable bonds is 9. The van der Waals surface area contributed by atoms with Crippen molar-refractivity contribution in [2.75, 3.05) is 19.7 Å². The summed E-state index contributed by atoms with van der Waals surface area (Å²) in [5.74, 6) is 0.899. The van der Waals surface area contributed by atoms with Crippen molar-refractivity contribution in [3.05, 3.63) is 35.9 Å². The van der Waals surface area contributed by atoms with Gasteiger partial charge in [0.1, 0.15) is 5.75 Å². The van der Waals surface area contributed by atoms with Gasteiger partial charge >= 0.3 is 0 Å². The van der Waals surface area contributed by atoms with Crippen LogP contribution in [0.3, 0.4) is 0 Å². The Labute approximate surface area is 128 Å². The summed E-state index contributed by atoms with van der Waals surface area (Å²) in [6, 6.07) is 7.81. The number of carbonyl (C=O) groups excluding carboxylic acids is 1. The Hall–Kier alpha value is -1.77. The van der Waals surface area contributed by atoms with Crippen LogP contribution in [0.15, 0.2) is 30.3 Å². The average Bonchev–Trinajstić information content (AvgIpc) is 2.52. The Balaban J connectivity index is 2.72. The topological polar surface area (TPSA) is 29.5 Å². The van der Waals surface area contributed by atoms with E-state index >= 15 is 0 Å². The van der Waals surface area contributed by atoms with E-state index in [0.29, 0.717) is 6.61 Å². The zero-order valence-corrected chi connectivity index (χ0v) is 13.5. The molecule has 1 amide bonds. The summed E-state index contributed by atoms with van der Waals surface area (Å²) in [5, 5.41) is 0. The van der Waals surface area contributed by atoms with E-state index in [1.54, 1.807) is 6.08 Å². The van der Waals surface area contributed by atoms with E-state index in [0.717, 1.165) is 43.7 Å². The molecule has 1 rings (SSSR count). The summed E-state index contributed by atoms with van der Waals surface area (Å²) in [4.78, 5) is 14.0. The molecule has 0 aromatic heterocycles. The minimum absolute atomic E-state index is 0.0660. The fourth-order valence-corrected chi connectivity index (χ4v) is 2.00. The predicted molar refractivity (Wildman–Crippen MR) is 88.4 cm³/mol. The molecule has 116 valence electrons. The lowest BCUT2D eigenvalue weighted by molar-refractivity contribution is -0.125. The van der Waals surface area contributed by atoms with Crippen LogP contribution in [-0.2, 0) is 4.79 Å². The normalized spacial score (nSPS) is 10.8. The number of nitrogens with zero attached hydrogens (tertiary/aromatic N) is 1. The lowest BCUT2D eigenvalue weighted by Crippen LogP contribution is -2.30. The van der Waals surface area contributed by atoms with Crippen molar-refractivity contribution in [2.45, 2.75) is 40.0 Å². The van der Waals surface area contributed by atoms with Gasteiger partial charge in [-0.25, -0.2) is 0 Å². The molecule has 0 aliphatic heterocycles. The number of likely N-dealkylation sites (N-methyl/N-ethyl adjacent to an activating group) is 1. The highest BCUT2D eigenvalue weighted by molar-refractivity contribution is 5.92. The van der Waals surface area contributed by atoms with Crippen LogP contribution < -0.4 is 4.74 Å². The summed E-state index contributed by atoms with van der Waals surface area (Å²) < 4.78 is 5.69. The van der Waals surface area contributed by atoms with Crippen LogP contribution in [0.5, 0.6) is 5.75 Å². The van der Waals surface area contributed by atoms with E-state index < -0.39 is 0 Å². The first-order chi connectivity index (χ1) is 10.2. The van der Waals surface area contributed by atoms with Crippen molar-refractivity contribution in [3.8, 4) is 5.75 Å². The van der Waals surface area contributed by atoms with Crippen molar-refractivity contribution in [1.82, 2.24) is 4.90 Å². The second kappa shape index (κ2) is 10.0.